The first-order chi connectivity index (χ1) is 7.15. The molecule has 0 saturated carbocycles. The minimum Gasteiger partial charge on any atom is -0.395 e. The van der Waals surface area contributed by atoms with Crippen LogP contribution in [0.3, 0.4) is 0 Å². The van der Waals surface area contributed by atoms with Crippen molar-refractivity contribution in [3.63, 3.8) is 0 Å². The van der Waals surface area contributed by atoms with Gasteiger partial charge in [0.2, 0.25) is 5.91 Å². The minimum atomic E-state index is 0.0461. The van der Waals surface area contributed by atoms with E-state index in [9.17, 15) is 4.79 Å². The lowest BCUT2D eigenvalue weighted by molar-refractivity contribution is -0.134. The van der Waals surface area contributed by atoms with Crippen molar-refractivity contribution in [3.8, 4) is 0 Å². The molecular weight excluding hydrogens is 190 g/mol. The molecule has 3 nitrogen and oxygen atoms in total. The van der Waals surface area contributed by atoms with Crippen LogP contribution in [0.1, 0.15) is 33.1 Å². The summed E-state index contributed by atoms with van der Waals surface area (Å²) < 4.78 is 0. The predicted molar refractivity (Wildman–Crippen MR) is 60.4 cm³/mol. The van der Waals surface area contributed by atoms with Crippen LogP contribution < -0.4 is 0 Å². The van der Waals surface area contributed by atoms with E-state index in [-0.39, 0.29) is 18.6 Å². The summed E-state index contributed by atoms with van der Waals surface area (Å²) in [6.07, 6.45) is 7.06. The molecule has 1 unspecified atom stereocenters. The van der Waals surface area contributed by atoms with Crippen LogP contribution in [0.5, 0.6) is 0 Å². The van der Waals surface area contributed by atoms with E-state index < -0.39 is 0 Å². The molecule has 0 aromatic heterocycles. The Morgan fingerprint density at radius 3 is 2.80 bits per heavy atom. The van der Waals surface area contributed by atoms with Gasteiger partial charge in [-0.25, -0.2) is 0 Å². The first-order valence-corrected chi connectivity index (χ1v) is 5.72. The normalized spacial score (nSPS) is 19.9. The van der Waals surface area contributed by atoms with Crippen LogP contribution in [0, 0.1) is 5.92 Å². The van der Waals surface area contributed by atoms with Gasteiger partial charge in [0, 0.05) is 19.0 Å². The molecule has 0 bridgehead atoms. The summed E-state index contributed by atoms with van der Waals surface area (Å²) in [5, 5.41) is 8.89. The fraction of sp³-hybridized carbons (Fsp3) is 0.750. The number of carbonyl (C=O) groups excluding carboxylic acids is 1. The van der Waals surface area contributed by atoms with Gasteiger partial charge in [-0.1, -0.05) is 12.2 Å². The molecule has 0 aliphatic heterocycles. The second-order valence-electron chi connectivity index (χ2n) is 4.37. The Morgan fingerprint density at radius 1 is 1.60 bits per heavy atom. The Kier molecular flexibility index (Phi) is 4.82. The highest BCUT2D eigenvalue weighted by Crippen LogP contribution is 2.21. The van der Waals surface area contributed by atoms with E-state index in [1.54, 1.807) is 4.90 Å². The van der Waals surface area contributed by atoms with Crippen molar-refractivity contribution in [2.45, 2.75) is 39.2 Å². The second kappa shape index (κ2) is 5.91. The lowest BCUT2D eigenvalue weighted by Gasteiger charge is -2.26. The van der Waals surface area contributed by atoms with Gasteiger partial charge in [-0.15, -0.1) is 0 Å². The standard InChI is InChI=1S/C12H21NO2/c1-10(2)13(7-8-14)12(15)9-11-5-3-4-6-11/h3,5,10-11,14H,4,6-9H2,1-2H3. The van der Waals surface area contributed by atoms with E-state index in [2.05, 4.69) is 12.2 Å². The summed E-state index contributed by atoms with van der Waals surface area (Å²) in [7, 11) is 0. The van der Waals surface area contributed by atoms with Gasteiger partial charge in [-0.05, 0) is 32.6 Å². The van der Waals surface area contributed by atoms with Crippen LogP contribution in [0.25, 0.3) is 0 Å². The van der Waals surface area contributed by atoms with Crippen LogP contribution in [0.2, 0.25) is 0 Å². The smallest absolute Gasteiger partial charge is 0.223 e. The summed E-state index contributed by atoms with van der Waals surface area (Å²) in [5.41, 5.74) is 0. The first kappa shape index (κ1) is 12.2. The Hall–Kier alpha value is -0.830. The van der Waals surface area contributed by atoms with E-state index in [0.717, 1.165) is 12.8 Å². The molecule has 0 aromatic carbocycles. The number of nitrogens with zero attached hydrogens (tertiary/aromatic N) is 1. The molecule has 0 spiro atoms. The molecule has 0 aromatic rings. The van der Waals surface area contributed by atoms with Crippen molar-refractivity contribution in [2.75, 3.05) is 13.2 Å². The average molecular weight is 211 g/mol. The molecule has 1 atom stereocenters. The monoisotopic (exact) mass is 211 g/mol. The van der Waals surface area contributed by atoms with Crippen molar-refractivity contribution in [3.05, 3.63) is 12.2 Å². The number of aliphatic hydroxyl groups excluding tert-OH is 1. The van der Waals surface area contributed by atoms with Crippen molar-refractivity contribution >= 4 is 5.91 Å². The zero-order valence-electron chi connectivity index (χ0n) is 9.65. The Morgan fingerprint density at radius 2 is 2.33 bits per heavy atom. The number of allylic oxidation sites excluding steroid dienone is 2. The van der Waals surface area contributed by atoms with Crippen molar-refractivity contribution in [1.82, 2.24) is 4.90 Å². The fourth-order valence-electron chi connectivity index (χ4n) is 1.99. The number of hydrogen-bond donors (Lipinski definition) is 1. The molecule has 0 heterocycles. The summed E-state index contributed by atoms with van der Waals surface area (Å²) in [6, 6.07) is 0.176. The average Bonchev–Trinajstić information content (AvgIpc) is 2.65. The Labute approximate surface area is 91.8 Å². The van der Waals surface area contributed by atoms with E-state index in [4.69, 9.17) is 5.11 Å². The molecule has 1 N–H and O–H groups in total. The third-order valence-electron chi connectivity index (χ3n) is 2.83. The van der Waals surface area contributed by atoms with Gasteiger partial charge in [0.05, 0.1) is 6.61 Å². The lowest BCUT2D eigenvalue weighted by Crippen LogP contribution is -2.39. The molecule has 1 amide bonds. The second-order valence-corrected chi connectivity index (χ2v) is 4.37. The van der Waals surface area contributed by atoms with Crippen LogP contribution >= 0.6 is 0 Å². The molecular formula is C12H21NO2. The zero-order valence-corrected chi connectivity index (χ0v) is 9.65. The quantitative estimate of drug-likeness (QED) is 0.701. The van der Waals surface area contributed by atoms with Crippen LogP contribution in [0.4, 0.5) is 0 Å². The van der Waals surface area contributed by atoms with Gasteiger partial charge in [-0.3, -0.25) is 4.79 Å². The van der Waals surface area contributed by atoms with E-state index in [0.29, 0.717) is 18.9 Å². The van der Waals surface area contributed by atoms with Gasteiger partial charge >= 0.3 is 0 Å². The molecule has 86 valence electrons. The molecule has 1 aliphatic rings. The highest BCUT2D eigenvalue weighted by molar-refractivity contribution is 5.77. The molecule has 15 heavy (non-hydrogen) atoms. The third kappa shape index (κ3) is 3.67. The van der Waals surface area contributed by atoms with Gasteiger partial charge in [0.25, 0.3) is 0 Å². The topological polar surface area (TPSA) is 40.5 Å². The van der Waals surface area contributed by atoms with Gasteiger partial charge in [0.15, 0.2) is 0 Å². The number of amides is 1. The highest BCUT2D eigenvalue weighted by atomic mass is 16.3. The largest absolute Gasteiger partial charge is 0.395 e. The van der Waals surface area contributed by atoms with E-state index >= 15 is 0 Å². The van der Waals surface area contributed by atoms with Crippen LogP contribution in [-0.4, -0.2) is 35.1 Å². The van der Waals surface area contributed by atoms with Gasteiger partial charge in [0.1, 0.15) is 0 Å². The summed E-state index contributed by atoms with van der Waals surface area (Å²) in [4.78, 5) is 13.7. The van der Waals surface area contributed by atoms with Crippen LogP contribution in [0.15, 0.2) is 12.2 Å². The van der Waals surface area contributed by atoms with Gasteiger partial charge in [-0.2, -0.15) is 0 Å². The minimum absolute atomic E-state index is 0.0461. The zero-order chi connectivity index (χ0) is 11.3. The highest BCUT2D eigenvalue weighted by Gasteiger charge is 2.20. The maximum atomic E-state index is 11.9. The maximum Gasteiger partial charge on any atom is 0.223 e. The molecule has 0 saturated heterocycles. The fourth-order valence-corrected chi connectivity index (χ4v) is 1.99. The van der Waals surface area contributed by atoms with Gasteiger partial charge < -0.3 is 10.0 Å². The number of aliphatic hydroxyl groups is 1. The van der Waals surface area contributed by atoms with Crippen molar-refractivity contribution in [1.29, 1.82) is 0 Å². The van der Waals surface area contributed by atoms with E-state index in [1.165, 1.54) is 0 Å². The molecule has 1 rings (SSSR count). The summed E-state index contributed by atoms with van der Waals surface area (Å²) in [5.74, 6) is 0.577. The number of hydrogen-bond acceptors (Lipinski definition) is 2. The number of carbonyl (C=O) groups is 1. The molecule has 0 radical (unpaired) electrons. The lowest BCUT2D eigenvalue weighted by atomic mass is 10.0. The Balaban J connectivity index is 2.44. The summed E-state index contributed by atoms with van der Waals surface area (Å²) in [6.45, 7) is 4.47. The maximum absolute atomic E-state index is 11.9. The first-order valence-electron chi connectivity index (χ1n) is 5.72. The SMILES string of the molecule is CC(C)N(CCO)C(=O)CC1C=CCC1. The van der Waals surface area contributed by atoms with Crippen molar-refractivity contribution < 1.29 is 9.90 Å². The van der Waals surface area contributed by atoms with Crippen LogP contribution in [-0.2, 0) is 4.79 Å². The van der Waals surface area contributed by atoms with Crippen molar-refractivity contribution in [2.24, 2.45) is 5.92 Å². The Bertz CT molecular complexity index is 236. The van der Waals surface area contributed by atoms with E-state index in [1.807, 2.05) is 13.8 Å². The third-order valence-corrected chi connectivity index (χ3v) is 2.83. The summed E-state index contributed by atoms with van der Waals surface area (Å²) >= 11 is 0. The molecule has 1 aliphatic carbocycles. The molecule has 3 heteroatoms. The number of rotatable bonds is 5. The molecule has 0 fully saturated rings. The predicted octanol–water partition coefficient (Wildman–Crippen LogP) is 1.57.